The van der Waals surface area contributed by atoms with Crippen LogP contribution in [0, 0.1) is 20.2 Å². The first-order chi connectivity index (χ1) is 9.91. The lowest BCUT2D eigenvalue weighted by molar-refractivity contribution is -0.393. The zero-order valence-electron chi connectivity index (χ0n) is 11.5. The maximum absolute atomic E-state index is 10.9. The Hall–Kier alpha value is -3.03. The zero-order chi connectivity index (χ0) is 15.8. The molecule has 0 bridgehead atoms. The van der Waals surface area contributed by atoms with E-state index in [1.165, 1.54) is 18.3 Å². The fourth-order valence-corrected chi connectivity index (χ4v) is 1.33. The van der Waals surface area contributed by atoms with Gasteiger partial charge in [-0.1, -0.05) is 17.7 Å². The summed E-state index contributed by atoms with van der Waals surface area (Å²) in [6, 6.07) is 3.30. The standard InChI is InChI=1S/C13H14N4O4/c1-10(2)5-3-4-8-14-15-12-7-6-11(16(18)19)9-13(12)17(20)21/h3-9,15H,1-2H3. The van der Waals surface area contributed by atoms with Crippen molar-refractivity contribution < 1.29 is 9.85 Å². The molecule has 8 heteroatoms. The van der Waals surface area contributed by atoms with Crippen LogP contribution in [0.2, 0.25) is 0 Å². The summed E-state index contributed by atoms with van der Waals surface area (Å²) in [5.74, 6) is 0. The third-order valence-corrected chi connectivity index (χ3v) is 2.28. The number of nitro groups is 2. The minimum absolute atomic E-state index is 0.0810. The molecular weight excluding hydrogens is 276 g/mol. The van der Waals surface area contributed by atoms with E-state index in [-0.39, 0.29) is 11.4 Å². The van der Waals surface area contributed by atoms with Crippen LogP contribution >= 0.6 is 0 Å². The van der Waals surface area contributed by atoms with E-state index in [9.17, 15) is 20.2 Å². The normalized spacial score (nSPS) is 10.8. The Morgan fingerprint density at radius 1 is 1.19 bits per heavy atom. The van der Waals surface area contributed by atoms with Gasteiger partial charge in [-0.3, -0.25) is 25.7 Å². The molecule has 21 heavy (non-hydrogen) atoms. The Labute approximate surface area is 120 Å². The second-order valence-electron chi connectivity index (χ2n) is 4.23. The van der Waals surface area contributed by atoms with Crippen molar-refractivity contribution in [3.63, 3.8) is 0 Å². The van der Waals surface area contributed by atoms with E-state index < -0.39 is 15.5 Å². The lowest BCUT2D eigenvalue weighted by Crippen LogP contribution is -1.98. The minimum atomic E-state index is -0.704. The molecule has 0 heterocycles. The molecule has 8 nitrogen and oxygen atoms in total. The van der Waals surface area contributed by atoms with Crippen molar-refractivity contribution in [1.29, 1.82) is 0 Å². The molecule has 0 aliphatic carbocycles. The van der Waals surface area contributed by atoms with Gasteiger partial charge in [0.2, 0.25) is 0 Å². The average Bonchev–Trinajstić information content (AvgIpc) is 2.42. The minimum Gasteiger partial charge on any atom is -0.272 e. The highest BCUT2D eigenvalue weighted by Gasteiger charge is 2.18. The number of hydrazone groups is 1. The number of nitro benzene ring substituents is 2. The molecule has 0 atom stereocenters. The number of rotatable bonds is 6. The Balaban J connectivity index is 2.86. The third kappa shape index (κ3) is 5.23. The van der Waals surface area contributed by atoms with Crippen LogP contribution in [0.3, 0.4) is 0 Å². The molecule has 0 radical (unpaired) electrons. The summed E-state index contributed by atoms with van der Waals surface area (Å²) in [5.41, 5.74) is 2.93. The van der Waals surface area contributed by atoms with Gasteiger partial charge in [-0.15, -0.1) is 0 Å². The van der Waals surface area contributed by atoms with Crippen LogP contribution in [0.25, 0.3) is 0 Å². The highest BCUT2D eigenvalue weighted by molar-refractivity contribution is 5.74. The van der Waals surface area contributed by atoms with E-state index >= 15 is 0 Å². The first kappa shape index (κ1) is 16.0. The molecule has 1 aromatic rings. The fourth-order valence-electron chi connectivity index (χ4n) is 1.33. The van der Waals surface area contributed by atoms with Crippen molar-refractivity contribution in [2.45, 2.75) is 13.8 Å². The Bertz CT molecular complexity index is 631. The maximum Gasteiger partial charge on any atom is 0.301 e. The van der Waals surface area contributed by atoms with E-state index in [1.807, 2.05) is 19.9 Å². The topological polar surface area (TPSA) is 111 Å². The van der Waals surface area contributed by atoms with Crippen molar-refractivity contribution in [2.24, 2.45) is 5.10 Å². The second kappa shape index (κ2) is 7.53. The van der Waals surface area contributed by atoms with Gasteiger partial charge in [0, 0.05) is 12.3 Å². The van der Waals surface area contributed by atoms with Crippen molar-refractivity contribution in [1.82, 2.24) is 0 Å². The van der Waals surface area contributed by atoms with Gasteiger partial charge < -0.3 is 0 Å². The zero-order valence-corrected chi connectivity index (χ0v) is 11.5. The number of benzene rings is 1. The highest BCUT2D eigenvalue weighted by atomic mass is 16.6. The number of non-ortho nitro benzene ring substituents is 1. The second-order valence-corrected chi connectivity index (χ2v) is 4.23. The Morgan fingerprint density at radius 3 is 2.48 bits per heavy atom. The van der Waals surface area contributed by atoms with Crippen LogP contribution in [0.5, 0.6) is 0 Å². The summed E-state index contributed by atoms with van der Waals surface area (Å²) in [6.07, 6.45) is 6.72. The summed E-state index contributed by atoms with van der Waals surface area (Å²) < 4.78 is 0. The monoisotopic (exact) mass is 290 g/mol. The predicted octanol–water partition coefficient (Wildman–Crippen LogP) is 3.42. The van der Waals surface area contributed by atoms with Crippen LogP contribution in [0.1, 0.15) is 13.8 Å². The average molecular weight is 290 g/mol. The number of nitrogens with one attached hydrogen (secondary N) is 1. The molecule has 0 fully saturated rings. The van der Waals surface area contributed by atoms with Gasteiger partial charge in [-0.25, -0.2) is 0 Å². The van der Waals surface area contributed by atoms with Crippen molar-refractivity contribution >= 4 is 23.3 Å². The molecule has 110 valence electrons. The SMILES string of the molecule is CC(C)=CC=CC=NNc1ccc([N+](=O)[O-])cc1[N+](=O)[O-]. The molecule has 0 aliphatic rings. The van der Waals surface area contributed by atoms with E-state index in [0.29, 0.717) is 0 Å². The molecular formula is C13H14N4O4. The molecule has 0 saturated heterocycles. The molecule has 1 rings (SSSR count). The van der Waals surface area contributed by atoms with Gasteiger partial charge in [0.1, 0.15) is 5.69 Å². The number of allylic oxidation sites excluding steroid dienone is 4. The first-order valence-electron chi connectivity index (χ1n) is 5.94. The van der Waals surface area contributed by atoms with Crippen molar-refractivity contribution in [3.05, 3.63) is 62.2 Å². The number of hydrogen-bond donors (Lipinski definition) is 1. The summed E-state index contributed by atoms with van der Waals surface area (Å²) in [5, 5.41) is 25.3. The molecule has 0 aromatic heterocycles. The van der Waals surface area contributed by atoms with E-state index in [1.54, 1.807) is 12.2 Å². The Morgan fingerprint density at radius 2 is 1.90 bits per heavy atom. The molecule has 0 spiro atoms. The van der Waals surface area contributed by atoms with Crippen LogP contribution in [0.15, 0.2) is 47.1 Å². The molecule has 0 amide bonds. The van der Waals surface area contributed by atoms with Crippen molar-refractivity contribution in [2.75, 3.05) is 5.43 Å². The van der Waals surface area contributed by atoms with Crippen LogP contribution in [0.4, 0.5) is 17.1 Å². The number of hydrogen-bond acceptors (Lipinski definition) is 6. The van der Waals surface area contributed by atoms with Gasteiger partial charge >= 0.3 is 5.69 Å². The predicted molar refractivity (Wildman–Crippen MR) is 80.4 cm³/mol. The van der Waals surface area contributed by atoms with E-state index in [4.69, 9.17) is 0 Å². The molecule has 1 N–H and O–H groups in total. The largest absolute Gasteiger partial charge is 0.301 e. The molecule has 0 saturated carbocycles. The smallest absolute Gasteiger partial charge is 0.272 e. The fraction of sp³-hybridized carbons (Fsp3) is 0.154. The van der Waals surface area contributed by atoms with Crippen LogP contribution in [-0.2, 0) is 0 Å². The molecule has 0 unspecified atom stereocenters. The van der Waals surface area contributed by atoms with Gasteiger partial charge in [0.25, 0.3) is 5.69 Å². The summed E-state index contributed by atoms with van der Waals surface area (Å²) in [4.78, 5) is 20.1. The van der Waals surface area contributed by atoms with Crippen LogP contribution in [-0.4, -0.2) is 16.1 Å². The summed E-state index contributed by atoms with van der Waals surface area (Å²) in [7, 11) is 0. The maximum atomic E-state index is 10.9. The quantitative estimate of drug-likeness (QED) is 0.373. The van der Waals surface area contributed by atoms with Crippen molar-refractivity contribution in [3.8, 4) is 0 Å². The number of anilines is 1. The van der Waals surface area contributed by atoms with Gasteiger partial charge in [-0.2, -0.15) is 5.10 Å². The van der Waals surface area contributed by atoms with Gasteiger partial charge in [-0.05, 0) is 26.0 Å². The summed E-state index contributed by atoms with van der Waals surface area (Å²) in [6.45, 7) is 3.89. The van der Waals surface area contributed by atoms with E-state index in [2.05, 4.69) is 10.5 Å². The first-order valence-corrected chi connectivity index (χ1v) is 5.94. The summed E-state index contributed by atoms with van der Waals surface area (Å²) >= 11 is 0. The highest BCUT2D eigenvalue weighted by Crippen LogP contribution is 2.28. The lowest BCUT2D eigenvalue weighted by atomic mass is 10.2. The lowest BCUT2D eigenvalue weighted by Gasteiger charge is -2.01. The van der Waals surface area contributed by atoms with E-state index in [0.717, 1.165) is 11.6 Å². The molecule has 0 aliphatic heterocycles. The third-order valence-electron chi connectivity index (χ3n) is 2.28. The number of nitrogens with zero attached hydrogens (tertiary/aromatic N) is 3. The van der Waals surface area contributed by atoms with Crippen LogP contribution < -0.4 is 5.43 Å². The Kier molecular flexibility index (Phi) is 5.75. The van der Waals surface area contributed by atoms with Gasteiger partial charge in [0.15, 0.2) is 0 Å². The molecule has 1 aromatic carbocycles. The van der Waals surface area contributed by atoms with Gasteiger partial charge in [0.05, 0.1) is 15.9 Å².